The van der Waals surface area contributed by atoms with Crippen LogP contribution in [0.2, 0.25) is 0 Å². The molecule has 9 nitrogen and oxygen atoms in total. The number of hydrazine groups is 1. The second-order valence-electron chi connectivity index (χ2n) is 6.27. The highest BCUT2D eigenvalue weighted by Crippen LogP contribution is 2.31. The Hall–Kier alpha value is -3.62. The van der Waals surface area contributed by atoms with E-state index in [0.717, 1.165) is 12.8 Å². The first-order valence-electron chi connectivity index (χ1n) is 8.86. The molecule has 0 saturated heterocycles. The summed E-state index contributed by atoms with van der Waals surface area (Å²) < 4.78 is 5.30. The highest BCUT2D eigenvalue weighted by Gasteiger charge is 2.25. The van der Waals surface area contributed by atoms with Gasteiger partial charge in [-0.05, 0) is 56.2 Å². The number of ether oxygens (including phenoxy) is 1. The van der Waals surface area contributed by atoms with E-state index in [2.05, 4.69) is 16.2 Å². The van der Waals surface area contributed by atoms with Crippen LogP contribution in [-0.2, 0) is 0 Å². The summed E-state index contributed by atoms with van der Waals surface area (Å²) in [5.74, 6) is -0.534. The minimum atomic E-state index is -0.652. The Morgan fingerprint density at radius 3 is 2.25 bits per heavy atom. The Kier molecular flexibility index (Phi) is 5.73. The van der Waals surface area contributed by atoms with Crippen LogP contribution < -0.4 is 20.9 Å². The van der Waals surface area contributed by atoms with Crippen LogP contribution in [0.15, 0.2) is 42.5 Å². The largest absolute Gasteiger partial charge is 0.494 e. The first kappa shape index (κ1) is 19.2. The molecule has 28 heavy (non-hydrogen) atoms. The van der Waals surface area contributed by atoms with Crippen molar-refractivity contribution in [3.05, 3.63) is 63.7 Å². The van der Waals surface area contributed by atoms with E-state index in [1.807, 2.05) is 6.92 Å². The summed E-state index contributed by atoms with van der Waals surface area (Å²) >= 11 is 0. The fraction of sp³-hybridized carbons (Fsp3) is 0.263. The maximum atomic E-state index is 12.3. The number of carbonyl (C=O) groups is 2. The topological polar surface area (TPSA) is 123 Å². The SMILES string of the molecule is CCOc1ccc(C(=O)NNC(=O)c2ccc(NC3CC3)c([N+](=O)[O-])c2)cc1. The number of nitro groups is 1. The van der Waals surface area contributed by atoms with Crippen molar-refractivity contribution in [1.82, 2.24) is 10.9 Å². The first-order chi connectivity index (χ1) is 13.5. The predicted molar refractivity (Wildman–Crippen MR) is 102 cm³/mol. The van der Waals surface area contributed by atoms with Gasteiger partial charge < -0.3 is 10.1 Å². The van der Waals surface area contributed by atoms with Gasteiger partial charge in [0.2, 0.25) is 0 Å². The molecule has 0 atom stereocenters. The summed E-state index contributed by atoms with van der Waals surface area (Å²) in [5.41, 5.74) is 5.15. The molecule has 146 valence electrons. The number of benzene rings is 2. The van der Waals surface area contributed by atoms with Gasteiger partial charge in [-0.25, -0.2) is 0 Å². The highest BCUT2D eigenvalue weighted by molar-refractivity contribution is 5.99. The smallest absolute Gasteiger partial charge is 0.293 e. The Labute approximate surface area is 161 Å². The minimum Gasteiger partial charge on any atom is -0.494 e. The van der Waals surface area contributed by atoms with Gasteiger partial charge in [0.25, 0.3) is 17.5 Å². The van der Waals surface area contributed by atoms with Crippen molar-refractivity contribution in [2.24, 2.45) is 0 Å². The highest BCUT2D eigenvalue weighted by atomic mass is 16.6. The second kappa shape index (κ2) is 8.38. The number of nitrogens with one attached hydrogen (secondary N) is 3. The van der Waals surface area contributed by atoms with Gasteiger partial charge in [0.15, 0.2) is 0 Å². The third-order valence-corrected chi connectivity index (χ3v) is 4.11. The fourth-order valence-electron chi connectivity index (χ4n) is 2.52. The Morgan fingerprint density at radius 2 is 1.68 bits per heavy atom. The zero-order valence-electron chi connectivity index (χ0n) is 15.2. The molecule has 3 rings (SSSR count). The van der Waals surface area contributed by atoms with Crippen LogP contribution in [0.4, 0.5) is 11.4 Å². The van der Waals surface area contributed by atoms with Crippen molar-refractivity contribution in [3.63, 3.8) is 0 Å². The lowest BCUT2D eigenvalue weighted by molar-refractivity contribution is -0.384. The normalized spacial score (nSPS) is 12.8. The zero-order chi connectivity index (χ0) is 20.1. The molecule has 1 fully saturated rings. The quantitative estimate of drug-likeness (QED) is 0.498. The van der Waals surface area contributed by atoms with Crippen LogP contribution in [0.1, 0.15) is 40.5 Å². The summed E-state index contributed by atoms with van der Waals surface area (Å²) in [6, 6.07) is 10.8. The number of nitro benzene ring substituents is 1. The molecule has 2 aromatic rings. The van der Waals surface area contributed by atoms with Gasteiger partial charge in [-0.1, -0.05) is 0 Å². The molecule has 9 heteroatoms. The summed E-state index contributed by atoms with van der Waals surface area (Å²) in [5, 5.41) is 14.3. The fourth-order valence-corrected chi connectivity index (χ4v) is 2.52. The zero-order valence-corrected chi connectivity index (χ0v) is 15.2. The lowest BCUT2D eigenvalue weighted by Gasteiger charge is -2.10. The van der Waals surface area contributed by atoms with Crippen LogP contribution >= 0.6 is 0 Å². The lowest BCUT2D eigenvalue weighted by atomic mass is 10.1. The van der Waals surface area contributed by atoms with E-state index in [0.29, 0.717) is 23.6 Å². The van der Waals surface area contributed by atoms with Crippen molar-refractivity contribution in [3.8, 4) is 5.75 Å². The van der Waals surface area contributed by atoms with Crippen LogP contribution in [0, 0.1) is 10.1 Å². The summed E-state index contributed by atoms with van der Waals surface area (Å²) in [7, 11) is 0. The van der Waals surface area contributed by atoms with E-state index < -0.39 is 16.7 Å². The molecule has 0 aliphatic heterocycles. The van der Waals surface area contributed by atoms with Crippen LogP contribution in [-0.4, -0.2) is 29.4 Å². The number of hydrogen-bond acceptors (Lipinski definition) is 6. The van der Waals surface area contributed by atoms with Crippen molar-refractivity contribution in [2.45, 2.75) is 25.8 Å². The summed E-state index contributed by atoms with van der Waals surface area (Å²) in [4.78, 5) is 35.1. The van der Waals surface area contributed by atoms with Crippen molar-refractivity contribution in [1.29, 1.82) is 0 Å². The molecule has 0 aromatic heterocycles. The van der Waals surface area contributed by atoms with Crippen LogP contribution in [0.5, 0.6) is 5.75 Å². The van der Waals surface area contributed by atoms with E-state index in [-0.39, 0.29) is 17.3 Å². The van der Waals surface area contributed by atoms with Crippen LogP contribution in [0.3, 0.4) is 0 Å². The van der Waals surface area contributed by atoms with Gasteiger partial charge in [0, 0.05) is 23.2 Å². The molecule has 2 aromatic carbocycles. The Morgan fingerprint density at radius 1 is 1.07 bits per heavy atom. The van der Waals surface area contributed by atoms with Gasteiger partial charge in [-0.2, -0.15) is 0 Å². The van der Waals surface area contributed by atoms with E-state index in [1.165, 1.54) is 18.2 Å². The predicted octanol–water partition coefficient (Wildman–Crippen LogP) is 2.64. The van der Waals surface area contributed by atoms with Gasteiger partial charge in [-0.15, -0.1) is 0 Å². The number of amides is 2. The van der Waals surface area contributed by atoms with Crippen molar-refractivity contribution >= 4 is 23.2 Å². The first-order valence-corrected chi connectivity index (χ1v) is 8.86. The van der Waals surface area contributed by atoms with Gasteiger partial charge >= 0.3 is 0 Å². The molecule has 1 saturated carbocycles. The maximum Gasteiger partial charge on any atom is 0.293 e. The molecule has 1 aliphatic carbocycles. The van der Waals surface area contributed by atoms with E-state index in [4.69, 9.17) is 4.74 Å². The summed E-state index contributed by atoms with van der Waals surface area (Å²) in [6.45, 7) is 2.37. The maximum absolute atomic E-state index is 12.3. The van der Waals surface area contributed by atoms with E-state index in [9.17, 15) is 19.7 Å². The van der Waals surface area contributed by atoms with Gasteiger partial charge in [-0.3, -0.25) is 30.6 Å². The van der Waals surface area contributed by atoms with Gasteiger partial charge in [0.1, 0.15) is 11.4 Å². The third kappa shape index (κ3) is 4.76. The van der Waals surface area contributed by atoms with E-state index in [1.54, 1.807) is 24.3 Å². The second-order valence-corrected chi connectivity index (χ2v) is 6.27. The lowest BCUT2D eigenvalue weighted by Crippen LogP contribution is -2.41. The number of hydrogen-bond donors (Lipinski definition) is 3. The molecule has 0 unspecified atom stereocenters. The number of anilines is 1. The molecule has 0 spiro atoms. The number of nitrogens with zero attached hydrogens (tertiary/aromatic N) is 1. The number of carbonyl (C=O) groups excluding carboxylic acids is 2. The molecule has 0 heterocycles. The minimum absolute atomic E-state index is 0.0695. The van der Waals surface area contributed by atoms with Crippen molar-refractivity contribution in [2.75, 3.05) is 11.9 Å². The molecular formula is C19H20N4O5. The average Bonchev–Trinajstić information content (AvgIpc) is 3.51. The Balaban J connectivity index is 1.62. The van der Waals surface area contributed by atoms with E-state index >= 15 is 0 Å². The van der Waals surface area contributed by atoms with Gasteiger partial charge in [0.05, 0.1) is 11.5 Å². The average molecular weight is 384 g/mol. The molecule has 3 N–H and O–H groups in total. The molecular weight excluding hydrogens is 364 g/mol. The molecule has 1 aliphatic rings. The third-order valence-electron chi connectivity index (χ3n) is 4.11. The van der Waals surface area contributed by atoms with Crippen LogP contribution in [0.25, 0.3) is 0 Å². The van der Waals surface area contributed by atoms with Crippen molar-refractivity contribution < 1.29 is 19.2 Å². The molecule has 0 bridgehead atoms. The Bertz CT molecular complexity index is 894. The summed E-state index contributed by atoms with van der Waals surface area (Å²) in [6.07, 6.45) is 1.94. The monoisotopic (exact) mass is 384 g/mol. The number of rotatable bonds is 7. The molecule has 0 radical (unpaired) electrons. The molecule has 2 amide bonds. The standard InChI is InChI=1S/C19H20N4O5/c1-2-28-15-8-3-12(4-9-15)18(24)21-22-19(25)13-5-10-16(20-14-6-7-14)17(11-13)23(26)27/h3-5,8-11,14,20H,2,6-7H2,1H3,(H,21,24)(H,22,25).